The first-order chi connectivity index (χ1) is 8.17. The largest absolute Gasteiger partial charge is 0.316 e. The van der Waals surface area contributed by atoms with Gasteiger partial charge in [0.15, 0.2) is 0 Å². The minimum absolute atomic E-state index is 0.310. The van der Waals surface area contributed by atoms with E-state index < -0.39 is 0 Å². The third kappa shape index (κ3) is 3.13. The van der Waals surface area contributed by atoms with Gasteiger partial charge in [0.25, 0.3) is 0 Å². The van der Waals surface area contributed by atoms with E-state index in [-0.39, 0.29) is 0 Å². The Labute approximate surface area is 107 Å². The quantitative estimate of drug-likeness (QED) is 0.519. The Balaban J connectivity index is 1.83. The standard InChI is InChI=1S/C16H29N/c1-4-8-17-12-16(3,5-2)11-15-10-13-6-7-14(15)9-13/h5,13-15,17H,2,4,6-12H2,1,3H3. The molecule has 0 spiro atoms. The Morgan fingerprint density at radius 1 is 1.35 bits per heavy atom. The SMILES string of the molecule is C=CC(C)(CNCCC)CC1CC2CCC1C2. The van der Waals surface area contributed by atoms with Crippen LogP contribution in [0.2, 0.25) is 0 Å². The second kappa shape index (κ2) is 5.56. The lowest BCUT2D eigenvalue weighted by Crippen LogP contribution is -2.33. The fourth-order valence-corrected chi connectivity index (χ4v) is 4.00. The average Bonchev–Trinajstić information content (AvgIpc) is 2.91. The summed E-state index contributed by atoms with van der Waals surface area (Å²) in [5.41, 5.74) is 0.310. The summed E-state index contributed by atoms with van der Waals surface area (Å²) in [5, 5.41) is 3.57. The van der Waals surface area contributed by atoms with Crippen LogP contribution in [0, 0.1) is 23.2 Å². The molecule has 0 amide bonds. The summed E-state index contributed by atoms with van der Waals surface area (Å²) in [7, 11) is 0. The van der Waals surface area contributed by atoms with Gasteiger partial charge in [-0.15, -0.1) is 6.58 Å². The van der Waals surface area contributed by atoms with Crippen LogP contribution in [0.4, 0.5) is 0 Å². The van der Waals surface area contributed by atoms with Crippen molar-refractivity contribution in [3.63, 3.8) is 0 Å². The van der Waals surface area contributed by atoms with Crippen molar-refractivity contribution in [1.82, 2.24) is 5.32 Å². The van der Waals surface area contributed by atoms with Crippen molar-refractivity contribution in [3.8, 4) is 0 Å². The Hall–Kier alpha value is -0.300. The average molecular weight is 235 g/mol. The van der Waals surface area contributed by atoms with E-state index in [1.54, 1.807) is 0 Å². The topological polar surface area (TPSA) is 12.0 Å². The van der Waals surface area contributed by atoms with Crippen LogP contribution < -0.4 is 5.32 Å². The molecule has 1 N–H and O–H groups in total. The molecule has 0 aromatic rings. The molecule has 4 unspecified atom stereocenters. The molecule has 2 bridgehead atoms. The zero-order valence-electron chi connectivity index (χ0n) is 11.7. The summed E-state index contributed by atoms with van der Waals surface area (Å²) in [6.45, 7) is 10.9. The summed E-state index contributed by atoms with van der Waals surface area (Å²) in [5.74, 6) is 3.10. The number of hydrogen-bond donors (Lipinski definition) is 1. The summed E-state index contributed by atoms with van der Waals surface area (Å²) in [4.78, 5) is 0. The predicted octanol–water partition coefficient (Wildman–Crippen LogP) is 4.00. The Kier molecular flexibility index (Phi) is 4.30. The van der Waals surface area contributed by atoms with Gasteiger partial charge in [-0.2, -0.15) is 0 Å². The lowest BCUT2D eigenvalue weighted by Gasteiger charge is -2.33. The van der Waals surface area contributed by atoms with Crippen LogP contribution in [0.1, 0.15) is 52.4 Å². The van der Waals surface area contributed by atoms with E-state index in [9.17, 15) is 0 Å². The number of rotatable bonds is 7. The van der Waals surface area contributed by atoms with Gasteiger partial charge in [0.1, 0.15) is 0 Å². The summed E-state index contributed by atoms with van der Waals surface area (Å²) >= 11 is 0. The molecule has 1 heteroatoms. The van der Waals surface area contributed by atoms with Crippen molar-refractivity contribution in [2.24, 2.45) is 23.2 Å². The third-order valence-electron chi connectivity index (χ3n) is 5.06. The van der Waals surface area contributed by atoms with E-state index in [0.717, 1.165) is 30.8 Å². The Morgan fingerprint density at radius 2 is 2.18 bits per heavy atom. The molecule has 2 saturated carbocycles. The molecule has 0 aromatic carbocycles. The molecule has 98 valence electrons. The highest BCUT2D eigenvalue weighted by Gasteiger charge is 2.41. The number of nitrogens with one attached hydrogen (secondary N) is 1. The van der Waals surface area contributed by atoms with Gasteiger partial charge in [-0.25, -0.2) is 0 Å². The van der Waals surface area contributed by atoms with Gasteiger partial charge >= 0.3 is 0 Å². The highest BCUT2D eigenvalue weighted by atomic mass is 14.9. The van der Waals surface area contributed by atoms with Gasteiger partial charge in [0.05, 0.1) is 0 Å². The van der Waals surface area contributed by atoms with Crippen molar-refractivity contribution in [1.29, 1.82) is 0 Å². The number of fused-ring (bicyclic) bond motifs is 2. The molecule has 2 rings (SSSR count). The zero-order valence-corrected chi connectivity index (χ0v) is 11.7. The minimum atomic E-state index is 0.310. The lowest BCUT2D eigenvalue weighted by atomic mass is 9.75. The van der Waals surface area contributed by atoms with Gasteiger partial charge in [0, 0.05) is 6.54 Å². The van der Waals surface area contributed by atoms with E-state index >= 15 is 0 Å². The molecule has 0 aromatic heterocycles. The molecule has 2 fully saturated rings. The highest BCUT2D eigenvalue weighted by molar-refractivity contribution is 4.99. The van der Waals surface area contributed by atoms with Crippen LogP contribution in [0.3, 0.4) is 0 Å². The van der Waals surface area contributed by atoms with Crippen LogP contribution in [0.5, 0.6) is 0 Å². The van der Waals surface area contributed by atoms with E-state index in [1.165, 1.54) is 38.5 Å². The van der Waals surface area contributed by atoms with Crippen LogP contribution in [-0.2, 0) is 0 Å². The second-order valence-corrected chi connectivity index (χ2v) is 6.67. The maximum atomic E-state index is 4.08. The molecule has 0 aliphatic heterocycles. The van der Waals surface area contributed by atoms with Gasteiger partial charge in [-0.1, -0.05) is 26.3 Å². The van der Waals surface area contributed by atoms with Gasteiger partial charge < -0.3 is 5.32 Å². The van der Waals surface area contributed by atoms with Crippen LogP contribution in [0.15, 0.2) is 12.7 Å². The third-order valence-corrected chi connectivity index (χ3v) is 5.06. The van der Waals surface area contributed by atoms with Gasteiger partial charge in [-0.3, -0.25) is 0 Å². The van der Waals surface area contributed by atoms with E-state index in [1.807, 2.05) is 0 Å². The lowest BCUT2D eigenvalue weighted by molar-refractivity contribution is 0.226. The fraction of sp³-hybridized carbons (Fsp3) is 0.875. The summed E-state index contributed by atoms with van der Waals surface area (Å²) < 4.78 is 0. The molecule has 0 heterocycles. The van der Waals surface area contributed by atoms with Crippen molar-refractivity contribution in [2.75, 3.05) is 13.1 Å². The molecule has 17 heavy (non-hydrogen) atoms. The van der Waals surface area contributed by atoms with E-state index in [2.05, 4.69) is 31.8 Å². The molecule has 2 aliphatic carbocycles. The van der Waals surface area contributed by atoms with E-state index in [0.29, 0.717) is 5.41 Å². The van der Waals surface area contributed by atoms with Crippen molar-refractivity contribution in [3.05, 3.63) is 12.7 Å². The summed E-state index contributed by atoms with van der Waals surface area (Å²) in [6.07, 6.45) is 10.8. The zero-order chi connectivity index (χ0) is 12.3. The fourth-order valence-electron chi connectivity index (χ4n) is 4.00. The minimum Gasteiger partial charge on any atom is -0.316 e. The second-order valence-electron chi connectivity index (χ2n) is 6.67. The molecule has 0 radical (unpaired) electrons. The molecular weight excluding hydrogens is 206 g/mol. The predicted molar refractivity (Wildman–Crippen MR) is 75.0 cm³/mol. The first-order valence-corrected chi connectivity index (χ1v) is 7.51. The van der Waals surface area contributed by atoms with Crippen molar-refractivity contribution in [2.45, 2.75) is 52.4 Å². The normalized spacial score (nSPS) is 34.8. The molecule has 1 nitrogen and oxygen atoms in total. The van der Waals surface area contributed by atoms with Crippen molar-refractivity contribution >= 4 is 0 Å². The maximum absolute atomic E-state index is 4.08. The van der Waals surface area contributed by atoms with Crippen molar-refractivity contribution < 1.29 is 0 Å². The Bertz CT molecular complexity index is 260. The molecular formula is C16H29N. The molecule has 0 saturated heterocycles. The number of hydrogen-bond acceptors (Lipinski definition) is 1. The molecule has 2 aliphatic rings. The van der Waals surface area contributed by atoms with Crippen LogP contribution in [-0.4, -0.2) is 13.1 Å². The van der Waals surface area contributed by atoms with Gasteiger partial charge in [-0.05, 0) is 61.8 Å². The first-order valence-electron chi connectivity index (χ1n) is 7.51. The maximum Gasteiger partial charge on any atom is 0.00399 e. The Morgan fingerprint density at radius 3 is 2.71 bits per heavy atom. The van der Waals surface area contributed by atoms with Crippen LogP contribution in [0.25, 0.3) is 0 Å². The highest BCUT2D eigenvalue weighted by Crippen LogP contribution is 2.51. The summed E-state index contributed by atoms with van der Waals surface area (Å²) in [6, 6.07) is 0. The van der Waals surface area contributed by atoms with Gasteiger partial charge in [0.2, 0.25) is 0 Å². The van der Waals surface area contributed by atoms with Crippen LogP contribution >= 0.6 is 0 Å². The smallest absolute Gasteiger partial charge is 0.00399 e. The first kappa shape index (κ1) is 13.1. The van der Waals surface area contributed by atoms with E-state index in [4.69, 9.17) is 0 Å². The molecule has 4 atom stereocenters. The monoisotopic (exact) mass is 235 g/mol.